The second kappa shape index (κ2) is 5.11. The smallest absolute Gasteiger partial charge is 0.219 e. The third kappa shape index (κ3) is 3.19. The van der Waals surface area contributed by atoms with Crippen molar-refractivity contribution in [2.45, 2.75) is 19.4 Å². The minimum Gasteiger partial charge on any atom is -0.378 e. The maximum Gasteiger partial charge on any atom is 0.219 e. The normalized spacial score (nSPS) is 23.6. The van der Waals surface area contributed by atoms with Gasteiger partial charge >= 0.3 is 0 Å². The fourth-order valence-corrected chi connectivity index (χ4v) is 1.11. The second-order valence-corrected chi connectivity index (χ2v) is 2.88. The van der Waals surface area contributed by atoms with E-state index < -0.39 is 0 Å². The first-order valence-electron chi connectivity index (χ1n) is 4.40. The molecule has 0 aromatic carbocycles. The van der Waals surface area contributed by atoms with Crippen molar-refractivity contribution < 1.29 is 9.53 Å². The molecular formula is C8H16N2O2. The van der Waals surface area contributed by atoms with Crippen LogP contribution < -0.4 is 10.6 Å². The van der Waals surface area contributed by atoms with E-state index in [-0.39, 0.29) is 11.9 Å². The number of nitrogens with one attached hydrogen (secondary N) is 2. The van der Waals surface area contributed by atoms with E-state index in [1.54, 1.807) is 0 Å². The number of hydrogen-bond donors (Lipinski definition) is 2. The summed E-state index contributed by atoms with van der Waals surface area (Å²) in [5.74, 6) is 0.0994. The zero-order valence-corrected chi connectivity index (χ0v) is 7.43. The Morgan fingerprint density at radius 2 is 2.58 bits per heavy atom. The van der Waals surface area contributed by atoms with Gasteiger partial charge in [-0.2, -0.15) is 0 Å². The molecule has 12 heavy (non-hydrogen) atoms. The molecule has 1 amide bonds. The van der Waals surface area contributed by atoms with Crippen molar-refractivity contribution >= 4 is 5.91 Å². The van der Waals surface area contributed by atoms with Gasteiger partial charge < -0.3 is 15.4 Å². The summed E-state index contributed by atoms with van der Waals surface area (Å²) in [5, 5.41) is 6.08. The van der Waals surface area contributed by atoms with E-state index in [1.165, 1.54) is 0 Å². The van der Waals surface area contributed by atoms with Crippen LogP contribution in [0.25, 0.3) is 0 Å². The number of hydrogen-bond acceptors (Lipinski definition) is 3. The molecule has 0 aromatic heterocycles. The van der Waals surface area contributed by atoms with Gasteiger partial charge in [0, 0.05) is 25.6 Å². The van der Waals surface area contributed by atoms with E-state index >= 15 is 0 Å². The first-order valence-corrected chi connectivity index (χ1v) is 4.40. The van der Waals surface area contributed by atoms with Crippen LogP contribution in [0.1, 0.15) is 13.3 Å². The van der Waals surface area contributed by atoms with E-state index in [2.05, 4.69) is 10.6 Å². The molecule has 1 aliphatic heterocycles. The van der Waals surface area contributed by atoms with Crippen LogP contribution in [0.5, 0.6) is 0 Å². The number of carbonyl (C=O) groups excluding carboxylic acids is 1. The molecule has 0 aliphatic carbocycles. The molecule has 0 spiro atoms. The van der Waals surface area contributed by atoms with Gasteiger partial charge in [-0.05, 0) is 0 Å². The SMILES string of the molecule is CCC(=O)NC[C@@H]1COCCN1. The van der Waals surface area contributed by atoms with E-state index in [0.29, 0.717) is 19.6 Å². The van der Waals surface area contributed by atoms with Crippen LogP contribution in [0.4, 0.5) is 0 Å². The number of carbonyl (C=O) groups is 1. The van der Waals surface area contributed by atoms with E-state index in [0.717, 1.165) is 13.2 Å². The van der Waals surface area contributed by atoms with Crippen molar-refractivity contribution in [3.05, 3.63) is 0 Å². The minimum absolute atomic E-state index is 0.0994. The van der Waals surface area contributed by atoms with Crippen LogP contribution in [0.2, 0.25) is 0 Å². The average molecular weight is 172 g/mol. The maximum absolute atomic E-state index is 10.9. The summed E-state index contributed by atoms with van der Waals surface area (Å²) in [6.45, 7) is 4.88. The second-order valence-electron chi connectivity index (χ2n) is 2.88. The summed E-state index contributed by atoms with van der Waals surface area (Å²) in [6.07, 6.45) is 0.549. The van der Waals surface area contributed by atoms with Crippen molar-refractivity contribution in [2.75, 3.05) is 26.3 Å². The van der Waals surface area contributed by atoms with Crippen LogP contribution in [0.3, 0.4) is 0 Å². The lowest BCUT2D eigenvalue weighted by Gasteiger charge is -2.23. The highest BCUT2D eigenvalue weighted by Crippen LogP contribution is 1.91. The molecule has 1 aliphatic rings. The highest BCUT2D eigenvalue weighted by Gasteiger charge is 2.12. The molecule has 2 N–H and O–H groups in total. The lowest BCUT2D eigenvalue weighted by Crippen LogP contribution is -2.48. The zero-order chi connectivity index (χ0) is 8.81. The minimum atomic E-state index is 0.0994. The molecule has 1 atom stereocenters. The van der Waals surface area contributed by atoms with Crippen molar-refractivity contribution in [2.24, 2.45) is 0 Å². The molecule has 0 aromatic rings. The Morgan fingerprint density at radius 1 is 1.75 bits per heavy atom. The third-order valence-electron chi connectivity index (χ3n) is 1.87. The lowest BCUT2D eigenvalue weighted by molar-refractivity contribution is -0.121. The molecule has 1 heterocycles. The Morgan fingerprint density at radius 3 is 3.17 bits per heavy atom. The molecular weight excluding hydrogens is 156 g/mol. The third-order valence-corrected chi connectivity index (χ3v) is 1.87. The predicted molar refractivity (Wildman–Crippen MR) is 45.9 cm³/mol. The van der Waals surface area contributed by atoms with Gasteiger partial charge in [-0.3, -0.25) is 4.79 Å². The van der Waals surface area contributed by atoms with E-state index in [9.17, 15) is 4.79 Å². The van der Waals surface area contributed by atoms with Crippen LogP contribution in [-0.2, 0) is 9.53 Å². The summed E-state index contributed by atoms with van der Waals surface area (Å²) < 4.78 is 5.23. The molecule has 1 saturated heterocycles. The van der Waals surface area contributed by atoms with Gasteiger partial charge in [0.25, 0.3) is 0 Å². The topological polar surface area (TPSA) is 50.4 Å². The molecule has 0 radical (unpaired) electrons. The zero-order valence-electron chi connectivity index (χ0n) is 7.43. The fraction of sp³-hybridized carbons (Fsp3) is 0.875. The van der Waals surface area contributed by atoms with Gasteiger partial charge in [-0.25, -0.2) is 0 Å². The summed E-state index contributed by atoms with van der Waals surface area (Å²) in [5.41, 5.74) is 0. The quantitative estimate of drug-likeness (QED) is 0.603. The van der Waals surface area contributed by atoms with Crippen LogP contribution in [0, 0.1) is 0 Å². The fourth-order valence-electron chi connectivity index (χ4n) is 1.11. The molecule has 1 rings (SSSR count). The van der Waals surface area contributed by atoms with Crippen molar-refractivity contribution in [3.63, 3.8) is 0 Å². The number of ether oxygens (including phenoxy) is 1. The van der Waals surface area contributed by atoms with Gasteiger partial charge in [-0.1, -0.05) is 6.92 Å². The first-order chi connectivity index (χ1) is 5.83. The first kappa shape index (κ1) is 9.48. The van der Waals surface area contributed by atoms with Gasteiger partial charge in [0.05, 0.1) is 13.2 Å². The molecule has 0 saturated carbocycles. The standard InChI is InChI=1S/C8H16N2O2/c1-2-8(11)10-5-7-6-12-4-3-9-7/h7,9H,2-6H2,1H3,(H,10,11)/t7-/m1/s1. The lowest BCUT2D eigenvalue weighted by atomic mass is 10.2. The molecule has 70 valence electrons. The summed E-state index contributed by atoms with van der Waals surface area (Å²) >= 11 is 0. The Hall–Kier alpha value is -0.610. The highest BCUT2D eigenvalue weighted by molar-refractivity contribution is 5.75. The molecule has 1 fully saturated rings. The number of amides is 1. The number of rotatable bonds is 3. The van der Waals surface area contributed by atoms with E-state index in [1.807, 2.05) is 6.92 Å². The highest BCUT2D eigenvalue weighted by atomic mass is 16.5. The van der Waals surface area contributed by atoms with Crippen molar-refractivity contribution in [3.8, 4) is 0 Å². The van der Waals surface area contributed by atoms with Gasteiger partial charge in [0.15, 0.2) is 0 Å². The van der Waals surface area contributed by atoms with Crippen molar-refractivity contribution in [1.82, 2.24) is 10.6 Å². The molecule has 0 unspecified atom stereocenters. The number of morpholine rings is 1. The Balaban J connectivity index is 2.09. The summed E-state index contributed by atoms with van der Waals surface area (Å²) in [6, 6.07) is 0.286. The molecule has 0 bridgehead atoms. The van der Waals surface area contributed by atoms with E-state index in [4.69, 9.17) is 4.74 Å². The monoisotopic (exact) mass is 172 g/mol. The van der Waals surface area contributed by atoms with Gasteiger partial charge in [-0.15, -0.1) is 0 Å². The Labute approximate surface area is 72.7 Å². The van der Waals surface area contributed by atoms with Gasteiger partial charge in [0.1, 0.15) is 0 Å². The molecule has 4 nitrogen and oxygen atoms in total. The predicted octanol–water partition coefficient (Wildman–Crippen LogP) is -0.499. The average Bonchev–Trinajstić information content (AvgIpc) is 2.16. The van der Waals surface area contributed by atoms with Crippen LogP contribution in [0.15, 0.2) is 0 Å². The van der Waals surface area contributed by atoms with Crippen molar-refractivity contribution in [1.29, 1.82) is 0 Å². The van der Waals surface area contributed by atoms with Crippen LogP contribution >= 0.6 is 0 Å². The summed E-state index contributed by atoms with van der Waals surface area (Å²) in [4.78, 5) is 10.9. The Kier molecular flexibility index (Phi) is 4.04. The van der Waals surface area contributed by atoms with Gasteiger partial charge in [0.2, 0.25) is 5.91 Å². The Bertz CT molecular complexity index is 144. The van der Waals surface area contributed by atoms with Crippen LogP contribution in [-0.4, -0.2) is 38.3 Å². The summed E-state index contributed by atoms with van der Waals surface area (Å²) in [7, 11) is 0. The largest absolute Gasteiger partial charge is 0.378 e. The molecule has 4 heteroatoms. The maximum atomic E-state index is 10.9.